The van der Waals surface area contributed by atoms with Gasteiger partial charge in [0.25, 0.3) is 0 Å². The minimum absolute atomic E-state index is 0.191. The first-order chi connectivity index (χ1) is 15.7. The Morgan fingerprint density at radius 1 is 1.27 bits per heavy atom. The van der Waals surface area contributed by atoms with Gasteiger partial charge in [0, 0.05) is 19.0 Å². The molecule has 9 nitrogen and oxygen atoms in total. The average Bonchev–Trinajstić information content (AvgIpc) is 3.13. The number of primary amides is 1. The van der Waals surface area contributed by atoms with Crippen LogP contribution in [-0.2, 0) is 20.9 Å². The fourth-order valence-corrected chi connectivity index (χ4v) is 3.54. The molecule has 3 amide bonds. The number of amides is 3. The number of carbonyl (C=O) groups excluding carboxylic acids is 3. The predicted molar refractivity (Wildman–Crippen MR) is 120 cm³/mol. The zero-order valence-electron chi connectivity index (χ0n) is 18.4. The van der Waals surface area contributed by atoms with Gasteiger partial charge in [-0.15, -0.1) is 0 Å². The van der Waals surface area contributed by atoms with Crippen LogP contribution in [0, 0.1) is 5.82 Å². The molecule has 176 valence electrons. The van der Waals surface area contributed by atoms with Gasteiger partial charge in [-0.25, -0.2) is 9.18 Å². The first kappa shape index (κ1) is 24.1. The Balaban J connectivity index is 1.67. The minimum atomic E-state index is -0.928. The van der Waals surface area contributed by atoms with E-state index in [-0.39, 0.29) is 19.0 Å². The summed E-state index contributed by atoms with van der Waals surface area (Å²) in [5.74, 6) is -1.37. The number of halogens is 1. The summed E-state index contributed by atoms with van der Waals surface area (Å²) in [6, 6.07) is 10.7. The van der Waals surface area contributed by atoms with Gasteiger partial charge in [0.15, 0.2) is 0 Å². The fraction of sp³-hybridized carbons (Fsp3) is 0.348. The van der Waals surface area contributed by atoms with E-state index in [9.17, 15) is 23.9 Å². The highest BCUT2D eigenvalue weighted by atomic mass is 19.1. The van der Waals surface area contributed by atoms with Crippen molar-refractivity contribution < 1.29 is 28.6 Å². The molecule has 3 atom stereocenters. The second-order valence-corrected chi connectivity index (χ2v) is 7.92. The first-order valence-electron chi connectivity index (χ1n) is 10.5. The van der Waals surface area contributed by atoms with Gasteiger partial charge < -0.3 is 20.9 Å². The zero-order valence-corrected chi connectivity index (χ0v) is 18.4. The van der Waals surface area contributed by atoms with E-state index in [0.717, 1.165) is 5.56 Å². The molecule has 1 heterocycles. The molecule has 2 aromatic carbocycles. The van der Waals surface area contributed by atoms with Crippen molar-refractivity contribution in [3.05, 3.63) is 53.8 Å². The number of ether oxygens (including phenoxy) is 1. The number of anilines is 1. The lowest BCUT2D eigenvalue weighted by atomic mass is 10.0. The molecule has 0 bridgehead atoms. The number of hydrogen-bond acceptors (Lipinski definition) is 6. The number of hydrogen-bond donors (Lipinski definition) is 4. The maximum Gasteiger partial charge on any atom is 0.414 e. The topological polar surface area (TPSA) is 134 Å². The third-order valence-corrected chi connectivity index (χ3v) is 5.30. The van der Waals surface area contributed by atoms with Crippen LogP contribution in [0.1, 0.15) is 19.4 Å². The maximum absolute atomic E-state index is 14.9. The van der Waals surface area contributed by atoms with E-state index in [0.29, 0.717) is 23.4 Å². The smallest absolute Gasteiger partial charge is 0.414 e. The van der Waals surface area contributed by atoms with Gasteiger partial charge >= 0.3 is 6.09 Å². The second kappa shape index (κ2) is 10.4. The summed E-state index contributed by atoms with van der Waals surface area (Å²) in [6.07, 6.45) is -2.03. The van der Waals surface area contributed by atoms with Gasteiger partial charge in [-0.2, -0.15) is 0 Å². The Bertz CT molecular complexity index is 1030. The summed E-state index contributed by atoms with van der Waals surface area (Å²) in [5.41, 5.74) is 7.45. The highest BCUT2D eigenvalue weighted by Crippen LogP contribution is 2.29. The van der Waals surface area contributed by atoms with E-state index < -0.39 is 36.1 Å². The predicted octanol–water partition coefficient (Wildman–Crippen LogP) is 1.28. The largest absolute Gasteiger partial charge is 0.442 e. The number of benzene rings is 2. The van der Waals surface area contributed by atoms with E-state index in [2.05, 4.69) is 10.6 Å². The number of rotatable bonds is 9. The van der Waals surface area contributed by atoms with Crippen LogP contribution < -0.4 is 21.3 Å². The normalized spacial score (nSPS) is 17.4. The average molecular weight is 458 g/mol. The van der Waals surface area contributed by atoms with Crippen LogP contribution >= 0.6 is 0 Å². The molecule has 0 spiro atoms. The molecule has 3 rings (SSSR count). The number of nitrogens with two attached hydrogens (primary N) is 1. The van der Waals surface area contributed by atoms with Gasteiger partial charge in [-0.1, -0.05) is 24.3 Å². The van der Waals surface area contributed by atoms with Crippen molar-refractivity contribution in [1.29, 1.82) is 0 Å². The second-order valence-electron chi connectivity index (χ2n) is 7.92. The molecule has 10 heteroatoms. The Labute approximate surface area is 190 Å². The van der Waals surface area contributed by atoms with Crippen LogP contribution in [0.4, 0.5) is 14.9 Å². The Morgan fingerprint density at radius 2 is 1.97 bits per heavy atom. The first-order valence-corrected chi connectivity index (χ1v) is 10.5. The highest BCUT2D eigenvalue weighted by molar-refractivity contribution is 5.90. The quantitative estimate of drug-likeness (QED) is 0.447. The maximum atomic E-state index is 14.9. The number of nitrogens with zero attached hydrogens (tertiary/aromatic N) is 1. The molecule has 1 aliphatic rings. The molecule has 1 unspecified atom stereocenters. The van der Waals surface area contributed by atoms with Gasteiger partial charge in [-0.3, -0.25) is 19.8 Å². The van der Waals surface area contributed by atoms with Gasteiger partial charge in [0.1, 0.15) is 18.0 Å². The van der Waals surface area contributed by atoms with Crippen molar-refractivity contribution in [3.63, 3.8) is 0 Å². The van der Waals surface area contributed by atoms with Gasteiger partial charge in [0.05, 0.1) is 24.9 Å². The fourth-order valence-electron chi connectivity index (χ4n) is 3.54. The molecule has 33 heavy (non-hydrogen) atoms. The molecule has 0 aromatic heterocycles. The number of aliphatic hydroxyl groups is 1. The lowest BCUT2D eigenvalue weighted by Gasteiger charge is -2.18. The molecule has 5 N–H and O–H groups in total. The highest BCUT2D eigenvalue weighted by Gasteiger charge is 2.32. The summed E-state index contributed by atoms with van der Waals surface area (Å²) in [5, 5.41) is 15.1. The van der Waals surface area contributed by atoms with Crippen molar-refractivity contribution >= 4 is 23.6 Å². The van der Waals surface area contributed by atoms with Crippen molar-refractivity contribution in [2.24, 2.45) is 5.73 Å². The van der Waals surface area contributed by atoms with E-state index in [1.54, 1.807) is 36.4 Å². The molecule has 2 aromatic rings. The van der Waals surface area contributed by atoms with Gasteiger partial charge in [0.2, 0.25) is 11.8 Å². The minimum Gasteiger partial charge on any atom is -0.442 e. The van der Waals surface area contributed by atoms with E-state index >= 15 is 0 Å². The zero-order chi connectivity index (χ0) is 24.1. The molecular weight excluding hydrogens is 431 g/mol. The van der Waals surface area contributed by atoms with Crippen molar-refractivity contribution in [3.8, 4) is 11.1 Å². The molecule has 1 saturated heterocycles. The molecule has 0 radical (unpaired) electrons. The number of nitrogens with one attached hydrogen (secondary N) is 2. The number of carbonyl (C=O) groups is 3. The third-order valence-electron chi connectivity index (χ3n) is 5.30. The lowest BCUT2D eigenvalue weighted by Crippen LogP contribution is -2.47. The molecular formula is C23H27FN4O5. The number of cyclic esters (lactones) is 1. The summed E-state index contributed by atoms with van der Waals surface area (Å²) < 4.78 is 20.1. The standard InChI is InChI=1S/C23H27FN4O5/c1-13(29)21(22(25)31)27-10-15-3-5-16(6-4-15)19-8-7-17(9-20(19)24)28-12-18(33-23(28)32)11-26-14(2)30/h3-9,13,18,21,27,29H,10-12H2,1-2H3,(H2,25,31)(H,26,30)/t13?,18-,21+/m0/s1. The molecule has 0 aliphatic carbocycles. The van der Waals surface area contributed by atoms with Crippen LogP contribution in [0.3, 0.4) is 0 Å². The lowest BCUT2D eigenvalue weighted by molar-refractivity contribution is -0.122. The summed E-state index contributed by atoms with van der Waals surface area (Å²) in [7, 11) is 0. The van der Waals surface area contributed by atoms with Crippen LogP contribution in [-0.4, -0.2) is 54.4 Å². The monoisotopic (exact) mass is 458 g/mol. The Morgan fingerprint density at radius 3 is 2.55 bits per heavy atom. The van der Waals surface area contributed by atoms with Crippen molar-refractivity contribution in [2.45, 2.75) is 38.6 Å². The van der Waals surface area contributed by atoms with E-state index in [1.807, 2.05) is 0 Å². The Hall–Kier alpha value is -3.50. The van der Waals surface area contributed by atoms with Crippen molar-refractivity contribution in [1.82, 2.24) is 10.6 Å². The summed E-state index contributed by atoms with van der Waals surface area (Å²) in [4.78, 5) is 35.9. The number of aliphatic hydroxyl groups excluding tert-OH is 1. The molecule has 0 saturated carbocycles. The summed E-state index contributed by atoms with van der Waals surface area (Å²) in [6.45, 7) is 3.55. The third kappa shape index (κ3) is 6.05. The van der Waals surface area contributed by atoms with Crippen LogP contribution in [0.5, 0.6) is 0 Å². The Kier molecular flexibility index (Phi) is 7.62. The van der Waals surface area contributed by atoms with Crippen LogP contribution in [0.15, 0.2) is 42.5 Å². The molecule has 1 fully saturated rings. The van der Waals surface area contributed by atoms with Crippen LogP contribution in [0.25, 0.3) is 11.1 Å². The SMILES string of the molecule is CC(=O)NC[C@H]1CN(c2ccc(-c3ccc(CN[C@@H](C(N)=O)C(C)O)cc3)c(F)c2)C(=O)O1. The van der Waals surface area contributed by atoms with Crippen LogP contribution in [0.2, 0.25) is 0 Å². The van der Waals surface area contributed by atoms with Gasteiger partial charge in [-0.05, 0) is 36.2 Å². The van der Waals surface area contributed by atoms with Crippen molar-refractivity contribution in [2.75, 3.05) is 18.0 Å². The summed E-state index contributed by atoms with van der Waals surface area (Å²) >= 11 is 0. The molecule has 1 aliphatic heterocycles. The van der Waals surface area contributed by atoms with E-state index in [4.69, 9.17) is 10.5 Å². The van der Waals surface area contributed by atoms with E-state index in [1.165, 1.54) is 24.8 Å².